The van der Waals surface area contributed by atoms with Gasteiger partial charge in [-0.25, -0.2) is 8.78 Å². The number of halogens is 2. The van der Waals surface area contributed by atoms with Crippen LogP contribution in [0.2, 0.25) is 0 Å². The molecule has 1 unspecified atom stereocenters. The smallest absolute Gasteiger partial charge is 0.128 e. The van der Waals surface area contributed by atoms with E-state index in [0.29, 0.717) is 22.8 Å². The molecule has 2 aromatic carbocycles. The van der Waals surface area contributed by atoms with Crippen molar-refractivity contribution in [2.75, 3.05) is 10.2 Å². The predicted molar refractivity (Wildman–Crippen MR) is 173 cm³/mol. The first-order valence-corrected chi connectivity index (χ1v) is 14.6. The van der Waals surface area contributed by atoms with E-state index in [4.69, 9.17) is 0 Å². The number of pyridine rings is 2. The van der Waals surface area contributed by atoms with Crippen LogP contribution in [-0.4, -0.2) is 15.8 Å². The molecule has 4 rings (SSSR count). The average Bonchev–Trinajstić information content (AvgIpc) is 3.00. The van der Waals surface area contributed by atoms with E-state index in [0.717, 1.165) is 29.2 Å². The van der Waals surface area contributed by atoms with Gasteiger partial charge < -0.3 is 20.6 Å². The fourth-order valence-corrected chi connectivity index (χ4v) is 4.67. The average molecular weight is 785 g/mol. The summed E-state index contributed by atoms with van der Waals surface area (Å²) in [5.41, 5.74) is 4.97. The Labute approximate surface area is 279 Å². The fraction of sp³-hybridized carbons (Fsp3) is 0.278. The summed E-state index contributed by atoms with van der Waals surface area (Å²) in [6.07, 6.45) is 3.93. The van der Waals surface area contributed by atoms with Gasteiger partial charge in [0.2, 0.25) is 0 Å². The first-order chi connectivity index (χ1) is 21.0. The molecule has 0 aliphatic heterocycles. The van der Waals surface area contributed by atoms with Crippen LogP contribution in [0.3, 0.4) is 0 Å². The molecule has 2 heterocycles. The van der Waals surface area contributed by atoms with Crippen molar-refractivity contribution in [2.45, 2.75) is 65.7 Å². The minimum absolute atomic E-state index is 0. The molecule has 0 fully saturated rings. The van der Waals surface area contributed by atoms with E-state index in [2.05, 4.69) is 81.1 Å². The summed E-state index contributed by atoms with van der Waals surface area (Å²) in [5, 5.41) is 24.3. The van der Waals surface area contributed by atoms with Gasteiger partial charge in [-0.2, -0.15) is 17.4 Å². The van der Waals surface area contributed by atoms with Crippen LogP contribution in [0.5, 0.6) is 0 Å². The third-order valence-electron chi connectivity index (χ3n) is 7.47. The number of benzene rings is 2. The Hall–Kier alpha value is -4.21. The van der Waals surface area contributed by atoms with Crippen LogP contribution in [0, 0.1) is 35.4 Å². The number of anilines is 3. The Morgan fingerprint density at radius 1 is 1.02 bits per heavy atom. The summed E-state index contributed by atoms with van der Waals surface area (Å²) >= 11 is 0. The van der Waals surface area contributed by atoms with Crippen molar-refractivity contribution < 1.29 is 29.8 Å². The maximum Gasteiger partial charge on any atom is 0.128 e. The normalized spacial score (nSPS) is 11.8. The van der Waals surface area contributed by atoms with Crippen molar-refractivity contribution in [1.82, 2.24) is 9.97 Å². The Morgan fingerprint density at radius 2 is 1.71 bits per heavy atom. The van der Waals surface area contributed by atoms with E-state index in [-0.39, 0.29) is 55.9 Å². The van der Waals surface area contributed by atoms with Crippen molar-refractivity contribution in [1.29, 1.82) is 5.26 Å². The second kappa shape index (κ2) is 15.7. The Kier molecular flexibility index (Phi) is 12.3. The van der Waals surface area contributed by atoms with Crippen LogP contribution < -0.4 is 10.2 Å². The van der Waals surface area contributed by atoms with E-state index in [9.17, 15) is 19.5 Å². The molecule has 0 saturated heterocycles. The van der Waals surface area contributed by atoms with Crippen LogP contribution >= 0.6 is 0 Å². The van der Waals surface area contributed by atoms with Crippen LogP contribution in [-0.2, 0) is 21.1 Å². The maximum atomic E-state index is 14.6. The van der Waals surface area contributed by atoms with Gasteiger partial charge in [-0.15, -0.1) is 17.7 Å². The summed E-state index contributed by atoms with van der Waals surface area (Å²) in [6.45, 7) is 12.5. The second-order valence-corrected chi connectivity index (χ2v) is 11.2. The molecule has 1 atom stereocenters. The summed E-state index contributed by atoms with van der Waals surface area (Å²) in [5.74, 6) is -1.23. The Morgan fingerprint density at radius 3 is 2.31 bits per heavy atom. The maximum absolute atomic E-state index is 14.6. The number of nitrogens with zero attached hydrogens (tertiary/aromatic N) is 5. The number of nitrogens with one attached hydrogen (secondary N) is 1. The molecule has 0 spiro atoms. The number of aromatic nitrogens is 2. The molecule has 2 aromatic heterocycles. The van der Waals surface area contributed by atoms with Gasteiger partial charge in [-0.3, -0.25) is 4.98 Å². The molecule has 0 aliphatic rings. The molecule has 236 valence electrons. The molecule has 0 amide bonds. The molecular weight excluding hydrogens is 750 g/mol. The number of hydrogen-bond acceptors (Lipinski definition) is 4. The summed E-state index contributed by atoms with van der Waals surface area (Å²) in [4.78, 5) is 9.44. The minimum Gasteiger partial charge on any atom is -0.464 e. The minimum atomic E-state index is -1.03. The van der Waals surface area contributed by atoms with Crippen molar-refractivity contribution in [2.24, 2.45) is 0 Å². The summed E-state index contributed by atoms with van der Waals surface area (Å²) in [6, 6.07) is 23.5. The fourth-order valence-electron chi connectivity index (χ4n) is 4.67. The van der Waals surface area contributed by atoms with Gasteiger partial charge in [0.1, 0.15) is 11.9 Å². The third-order valence-corrected chi connectivity index (χ3v) is 7.47. The Balaban J connectivity index is 0.00000552. The molecule has 0 aliphatic carbocycles. The van der Waals surface area contributed by atoms with Gasteiger partial charge in [0.15, 0.2) is 0 Å². The number of nitriles is 1. The predicted octanol–water partition coefficient (Wildman–Crippen LogP) is 9.38. The largest absolute Gasteiger partial charge is 0.464 e. The molecule has 0 saturated carbocycles. The van der Waals surface area contributed by atoms with Crippen LogP contribution in [0.25, 0.3) is 16.7 Å². The van der Waals surface area contributed by atoms with Gasteiger partial charge in [-0.05, 0) is 52.7 Å². The van der Waals surface area contributed by atoms with Crippen molar-refractivity contribution in [3.63, 3.8) is 0 Å². The van der Waals surface area contributed by atoms with E-state index >= 15 is 0 Å². The second-order valence-electron chi connectivity index (χ2n) is 11.2. The van der Waals surface area contributed by atoms with Crippen LogP contribution in [0.1, 0.15) is 88.0 Å². The molecule has 45 heavy (non-hydrogen) atoms. The number of hydrogen-bond donors (Lipinski definition) is 1. The van der Waals surface area contributed by atoms with Gasteiger partial charge in [0.25, 0.3) is 0 Å². The number of amidine groups is 1. The zero-order valence-electron chi connectivity index (χ0n) is 26.1. The van der Waals surface area contributed by atoms with Gasteiger partial charge in [0, 0.05) is 26.9 Å². The summed E-state index contributed by atoms with van der Waals surface area (Å²) < 4.78 is 28.1. The SMILES string of the molecule is CCC(C)c1c[c-]c(N/C=C\C(=[N-])N(c2cc(C(C)C)cc(C(C)C)c2)c2cccc(-c3[c-]cc(F)nc3F)n2)cc1C#N.[Pt]. The molecule has 1 N–H and O–H groups in total. The van der Waals surface area contributed by atoms with E-state index in [1.165, 1.54) is 6.08 Å². The molecule has 6 nitrogen and oxygen atoms in total. The van der Waals surface area contributed by atoms with Gasteiger partial charge in [0.05, 0.1) is 6.07 Å². The molecule has 9 heteroatoms. The van der Waals surface area contributed by atoms with Crippen molar-refractivity contribution in [3.05, 3.63) is 119 Å². The summed E-state index contributed by atoms with van der Waals surface area (Å²) in [7, 11) is 0. The van der Waals surface area contributed by atoms with E-state index in [1.54, 1.807) is 35.4 Å². The van der Waals surface area contributed by atoms with Gasteiger partial charge in [-0.1, -0.05) is 113 Å². The van der Waals surface area contributed by atoms with E-state index in [1.807, 2.05) is 18.2 Å². The van der Waals surface area contributed by atoms with Gasteiger partial charge >= 0.3 is 0 Å². The first kappa shape index (κ1) is 35.3. The van der Waals surface area contributed by atoms with E-state index < -0.39 is 11.9 Å². The zero-order valence-corrected chi connectivity index (χ0v) is 28.4. The number of rotatable bonds is 10. The standard InChI is InChI=1S/C36H35F2N6.Pt/c1-7-24(6)30-12-11-28(18-27(30)21-39)41-16-15-34(40)44(29-19-25(22(2)3)17-26(20-29)23(4)5)35-10-8-9-32(42-35)31-13-14-33(37)43-36(31)38;/h8-10,12,14-20,22-24,41H,7H2,1-6H3;/q-3;/b16-15-;. The third kappa shape index (κ3) is 8.49. The molecule has 4 aromatic rings. The van der Waals surface area contributed by atoms with Crippen LogP contribution in [0.15, 0.2) is 66.9 Å². The quantitative estimate of drug-likeness (QED) is 0.0750. The van der Waals surface area contributed by atoms with Crippen molar-refractivity contribution in [3.8, 4) is 17.3 Å². The Bertz CT molecular complexity index is 1700. The molecular formula is C36H35F2N6Pt-3. The first-order valence-electron chi connectivity index (χ1n) is 14.6. The van der Waals surface area contributed by atoms with Crippen LogP contribution in [0.4, 0.5) is 26.0 Å². The topological polar surface area (TPSA) is 87.1 Å². The molecule has 0 bridgehead atoms. The zero-order chi connectivity index (χ0) is 32.0. The monoisotopic (exact) mass is 784 g/mol. The van der Waals surface area contributed by atoms with Crippen molar-refractivity contribution >= 4 is 23.0 Å². The molecule has 0 radical (unpaired) electrons.